The third-order valence-corrected chi connectivity index (χ3v) is 5.71. The molecular formula is C19H26N2O5. The number of rotatable bonds is 6. The molecule has 1 N–H and O–H groups in total. The highest BCUT2D eigenvalue weighted by atomic mass is 16.6. The van der Waals surface area contributed by atoms with E-state index in [2.05, 4.69) is 29.2 Å². The van der Waals surface area contributed by atoms with Crippen molar-refractivity contribution < 1.29 is 24.2 Å². The summed E-state index contributed by atoms with van der Waals surface area (Å²) in [5.74, 6) is 0.468. The molecule has 2 aliphatic rings. The first-order valence-corrected chi connectivity index (χ1v) is 8.82. The Morgan fingerprint density at radius 3 is 2.77 bits per heavy atom. The Labute approximate surface area is 153 Å². The summed E-state index contributed by atoms with van der Waals surface area (Å²) in [6.45, 7) is 0.618. The number of hydrogen-bond acceptors (Lipinski definition) is 6. The summed E-state index contributed by atoms with van der Waals surface area (Å²) in [5, 5.41) is 12.8. The van der Waals surface area contributed by atoms with Crippen molar-refractivity contribution >= 4 is 11.7 Å². The zero-order chi connectivity index (χ0) is 18.7. The average Bonchev–Trinajstić information content (AvgIpc) is 2.98. The lowest BCUT2D eigenvalue weighted by Crippen LogP contribution is -2.46. The van der Waals surface area contributed by atoms with E-state index in [-0.39, 0.29) is 5.41 Å². The minimum absolute atomic E-state index is 0.0418. The van der Waals surface area contributed by atoms with Crippen molar-refractivity contribution in [2.75, 3.05) is 34.4 Å². The summed E-state index contributed by atoms with van der Waals surface area (Å²) in [4.78, 5) is 17.9. The van der Waals surface area contributed by atoms with Crippen LogP contribution in [-0.4, -0.2) is 62.1 Å². The molecule has 1 heterocycles. The number of fused-ring (bicyclic) bond motifs is 1. The average molecular weight is 362 g/mol. The predicted molar refractivity (Wildman–Crippen MR) is 97.1 cm³/mol. The van der Waals surface area contributed by atoms with Crippen LogP contribution < -0.4 is 9.47 Å². The summed E-state index contributed by atoms with van der Waals surface area (Å²) in [6.07, 6.45) is 3.61. The Hall–Kier alpha value is -2.28. The molecule has 2 fully saturated rings. The molecule has 26 heavy (non-hydrogen) atoms. The van der Waals surface area contributed by atoms with Crippen LogP contribution in [0.3, 0.4) is 0 Å². The van der Waals surface area contributed by atoms with Gasteiger partial charge < -0.3 is 24.3 Å². The largest absolute Gasteiger partial charge is 0.493 e. The molecule has 1 saturated carbocycles. The summed E-state index contributed by atoms with van der Waals surface area (Å²) < 4.78 is 10.9. The van der Waals surface area contributed by atoms with Crippen molar-refractivity contribution in [1.29, 1.82) is 0 Å². The second-order valence-electron chi connectivity index (χ2n) is 7.00. The molecule has 3 rings (SSSR count). The van der Waals surface area contributed by atoms with Gasteiger partial charge in [-0.1, -0.05) is 11.2 Å². The molecule has 7 nitrogen and oxygen atoms in total. The van der Waals surface area contributed by atoms with Crippen LogP contribution in [0.4, 0.5) is 0 Å². The second-order valence-corrected chi connectivity index (χ2v) is 7.00. The van der Waals surface area contributed by atoms with E-state index in [0.29, 0.717) is 6.04 Å². The zero-order valence-electron chi connectivity index (χ0n) is 15.5. The van der Waals surface area contributed by atoms with Crippen molar-refractivity contribution in [3.63, 3.8) is 0 Å². The maximum atomic E-state index is 10.6. The van der Waals surface area contributed by atoms with Crippen LogP contribution in [0.1, 0.15) is 31.2 Å². The van der Waals surface area contributed by atoms with Gasteiger partial charge in [-0.15, -0.1) is 0 Å². The van der Waals surface area contributed by atoms with Crippen LogP contribution >= 0.6 is 0 Å². The molecule has 0 radical (unpaired) electrons. The maximum absolute atomic E-state index is 10.6. The van der Waals surface area contributed by atoms with E-state index in [0.717, 1.165) is 49.4 Å². The van der Waals surface area contributed by atoms with Gasteiger partial charge in [0.15, 0.2) is 11.5 Å². The number of oxime groups is 1. The normalized spacial score (nSPS) is 27.2. The fraction of sp³-hybridized carbons (Fsp3) is 0.579. The lowest BCUT2D eigenvalue weighted by molar-refractivity contribution is -0.142. The molecule has 142 valence electrons. The Kier molecular flexibility index (Phi) is 5.36. The van der Waals surface area contributed by atoms with E-state index in [1.54, 1.807) is 14.2 Å². The third kappa shape index (κ3) is 3.35. The fourth-order valence-corrected chi connectivity index (χ4v) is 4.34. The number of benzene rings is 1. The van der Waals surface area contributed by atoms with Gasteiger partial charge in [0, 0.05) is 17.9 Å². The van der Waals surface area contributed by atoms with E-state index in [4.69, 9.17) is 19.4 Å². The molecule has 2 unspecified atom stereocenters. The molecule has 1 aromatic rings. The summed E-state index contributed by atoms with van der Waals surface area (Å²) in [7, 11) is 5.43. The molecule has 0 bridgehead atoms. The van der Waals surface area contributed by atoms with Crippen molar-refractivity contribution in [2.24, 2.45) is 5.16 Å². The van der Waals surface area contributed by atoms with Crippen LogP contribution in [0.15, 0.2) is 23.4 Å². The maximum Gasteiger partial charge on any atom is 0.344 e. The van der Waals surface area contributed by atoms with Gasteiger partial charge in [-0.2, -0.15) is 0 Å². The first-order valence-electron chi connectivity index (χ1n) is 8.82. The molecule has 1 aliphatic carbocycles. The second kappa shape index (κ2) is 7.53. The van der Waals surface area contributed by atoms with Crippen LogP contribution in [0.2, 0.25) is 0 Å². The molecule has 1 aliphatic heterocycles. The monoisotopic (exact) mass is 362 g/mol. The Balaban J connectivity index is 1.86. The smallest absolute Gasteiger partial charge is 0.344 e. The highest BCUT2D eigenvalue weighted by Gasteiger charge is 2.50. The Morgan fingerprint density at radius 1 is 1.31 bits per heavy atom. The Morgan fingerprint density at radius 2 is 2.08 bits per heavy atom. The van der Waals surface area contributed by atoms with E-state index in [1.807, 2.05) is 6.07 Å². The molecule has 0 aromatic heterocycles. The number of likely N-dealkylation sites (tertiary alicyclic amines) is 1. The molecular weight excluding hydrogens is 336 g/mol. The number of ether oxygens (including phenoxy) is 2. The van der Waals surface area contributed by atoms with Crippen molar-refractivity contribution in [2.45, 2.75) is 37.1 Å². The van der Waals surface area contributed by atoms with Gasteiger partial charge in [0.1, 0.15) is 0 Å². The standard InChI is InChI=1S/C19H26N2O5/c1-21-9-8-19(13-4-5-15(24-2)16(10-13)25-3)7-6-14(11-17(19)21)20-26-12-18(22)23/h4-5,10,17H,6-9,11-12H2,1-3H3,(H,22,23). The van der Waals surface area contributed by atoms with Gasteiger partial charge in [0.2, 0.25) is 6.61 Å². The number of aliphatic carboxylic acids is 1. The number of carboxylic acid groups (broad SMARTS) is 1. The summed E-state index contributed by atoms with van der Waals surface area (Å²) in [6, 6.07) is 6.50. The van der Waals surface area contributed by atoms with Crippen LogP contribution in [0, 0.1) is 0 Å². The van der Waals surface area contributed by atoms with Crippen LogP contribution in [0.5, 0.6) is 11.5 Å². The van der Waals surface area contributed by atoms with Crippen molar-refractivity contribution in [3.05, 3.63) is 23.8 Å². The van der Waals surface area contributed by atoms with Gasteiger partial charge in [0.25, 0.3) is 0 Å². The SMILES string of the molecule is COc1ccc(C23CCC(=NOCC(=O)O)CC2N(C)CC3)cc1OC. The molecule has 7 heteroatoms. The van der Waals surface area contributed by atoms with Crippen LogP contribution in [0.25, 0.3) is 0 Å². The molecule has 2 atom stereocenters. The van der Waals surface area contributed by atoms with Gasteiger partial charge in [0.05, 0.1) is 19.9 Å². The minimum atomic E-state index is -1.01. The number of carbonyl (C=O) groups is 1. The lowest BCUT2D eigenvalue weighted by Gasteiger charge is -2.42. The first-order chi connectivity index (χ1) is 12.5. The summed E-state index contributed by atoms with van der Waals surface area (Å²) >= 11 is 0. The van der Waals surface area contributed by atoms with Gasteiger partial charge in [-0.05, 0) is 50.6 Å². The molecule has 1 saturated heterocycles. The van der Waals surface area contributed by atoms with E-state index >= 15 is 0 Å². The van der Waals surface area contributed by atoms with Gasteiger partial charge in [-0.3, -0.25) is 0 Å². The minimum Gasteiger partial charge on any atom is -0.493 e. The quantitative estimate of drug-likeness (QED) is 0.782. The Bertz CT molecular complexity index is 705. The van der Waals surface area contributed by atoms with E-state index in [1.165, 1.54) is 5.56 Å². The van der Waals surface area contributed by atoms with Gasteiger partial charge in [-0.25, -0.2) is 4.79 Å². The predicted octanol–water partition coefficient (Wildman–Crippen LogP) is 2.29. The third-order valence-electron chi connectivity index (χ3n) is 5.71. The molecule has 0 amide bonds. The number of methoxy groups -OCH3 is 2. The van der Waals surface area contributed by atoms with E-state index < -0.39 is 12.6 Å². The number of likely N-dealkylation sites (N-methyl/N-ethyl adjacent to an activating group) is 1. The number of nitrogens with zero attached hydrogens (tertiary/aromatic N) is 2. The highest BCUT2D eigenvalue weighted by Crippen LogP contribution is 2.49. The number of carboxylic acids is 1. The molecule has 0 spiro atoms. The van der Waals surface area contributed by atoms with Crippen LogP contribution in [-0.2, 0) is 15.0 Å². The van der Waals surface area contributed by atoms with E-state index in [9.17, 15) is 4.79 Å². The number of hydrogen-bond donors (Lipinski definition) is 1. The first kappa shape index (κ1) is 18.5. The topological polar surface area (TPSA) is 80.6 Å². The lowest BCUT2D eigenvalue weighted by atomic mass is 9.65. The highest BCUT2D eigenvalue weighted by molar-refractivity contribution is 5.86. The zero-order valence-corrected chi connectivity index (χ0v) is 15.5. The molecule has 1 aromatic carbocycles. The fourth-order valence-electron chi connectivity index (χ4n) is 4.34. The van der Waals surface area contributed by atoms with Crippen molar-refractivity contribution in [3.8, 4) is 11.5 Å². The van der Waals surface area contributed by atoms with Crippen molar-refractivity contribution in [1.82, 2.24) is 4.90 Å². The van der Waals surface area contributed by atoms with Gasteiger partial charge >= 0.3 is 5.97 Å². The summed E-state index contributed by atoms with van der Waals surface area (Å²) in [5.41, 5.74) is 2.23.